The first-order valence-corrected chi connectivity index (χ1v) is 6.98. The summed E-state index contributed by atoms with van der Waals surface area (Å²) in [6.45, 7) is 0.450. The molecular weight excluding hydrogens is 307 g/mol. The first-order chi connectivity index (χ1) is 10.7. The molecule has 4 rings (SSSR count). The fraction of sp³-hybridized carbons (Fsp3) is 0.0667. The van der Waals surface area contributed by atoms with Crippen LogP contribution in [0.2, 0.25) is 5.02 Å². The van der Waals surface area contributed by atoms with E-state index < -0.39 is 5.82 Å². The van der Waals surface area contributed by atoms with Crippen molar-refractivity contribution in [2.45, 2.75) is 6.54 Å². The molecule has 7 heteroatoms. The molecule has 0 saturated heterocycles. The highest BCUT2D eigenvalue weighted by Gasteiger charge is 2.16. The first-order valence-electron chi connectivity index (χ1n) is 6.60. The lowest BCUT2D eigenvalue weighted by molar-refractivity contribution is 0.483. The Morgan fingerprint density at radius 2 is 2.18 bits per heavy atom. The maximum absolute atomic E-state index is 14.0. The Hall–Kier alpha value is -2.60. The average molecular weight is 317 g/mol. The molecule has 22 heavy (non-hydrogen) atoms. The number of nitrogens with zero attached hydrogens (tertiary/aromatic N) is 3. The van der Waals surface area contributed by atoms with Crippen LogP contribution in [0.15, 0.2) is 47.2 Å². The fourth-order valence-corrected chi connectivity index (χ4v) is 2.61. The van der Waals surface area contributed by atoms with Crippen LogP contribution in [0.5, 0.6) is 0 Å². The summed E-state index contributed by atoms with van der Waals surface area (Å²) >= 11 is 6.08. The third-order valence-corrected chi connectivity index (χ3v) is 3.68. The van der Waals surface area contributed by atoms with E-state index in [0.717, 1.165) is 5.76 Å². The molecule has 0 aliphatic heterocycles. The molecule has 5 nitrogen and oxygen atoms in total. The number of furan rings is 1. The van der Waals surface area contributed by atoms with E-state index in [2.05, 4.69) is 15.1 Å². The Kier molecular flexibility index (Phi) is 2.97. The second kappa shape index (κ2) is 4.99. The number of H-pyrrole nitrogens is 1. The third kappa shape index (κ3) is 2.08. The molecule has 0 aliphatic carbocycles. The summed E-state index contributed by atoms with van der Waals surface area (Å²) in [5.74, 6) is 0.719. The molecular formula is C15H10ClFN4O. The molecule has 0 amide bonds. The number of aromatic nitrogens is 4. The van der Waals surface area contributed by atoms with Crippen LogP contribution in [0.1, 0.15) is 5.76 Å². The van der Waals surface area contributed by atoms with Crippen LogP contribution < -0.4 is 0 Å². The number of hydrogen-bond acceptors (Lipinski definition) is 3. The number of nitrogens with one attached hydrogen (secondary N) is 1. The Morgan fingerprint density at radius 3 is 2.95 bits per heavy atom. The Morgan fingerprint density at radius 1 is 1.27 bits per heavy atom. The first kappa shape index (κ1) is 13.1. The van der Waals surface area contributed by atoms with Gasteiger partial charge in [0, 0.05) is 0 Å². The highest BCUT2D eigenvalue weighted by molar-refractivity contribution is 6.33. The maximum Gasteiger partial charge on any atom is 0.177 e. The van der Waals surface area contributed by atoms with Gasteiger partial charge >= 0.3 is 0 Å². The minimum atomic E-state index is -0.422. The van der Waals surface area contributed by atoms with E-state index in [1.807, 2.05) is 12.1 Å². The minimum absolute atomic E-state index is 0.255. The van der Waals surface area contributed by atoms with Crippen LogP contribution in [0.25, 0.3) is 22.6 Å². The molecule has 3 aromatic heterocycles. The SMILES string of the molecule is Fc1cccc(Cl)c1-c1nc2c(cnn2Cc2ccco2)[nH]1. The molecule has 0 spiro atoms. The number of rotatable bonds is 3. The van der Waals surface area contributed by atoms with Gasteiger partial charge in [0.05, 0.1) is 23.0 Å². The highest BCUT2D eigenvalue weighted by atomic mass is 35.5. The predicted molar refractivity (Wildman–Crippen MR) is 80.1 cm³/mol. The second-order valence-corrected chi connectivity index (χ2v) is 5.21. The molecule has 0 saturated carbocycles. The van der Waals surface area contributed by atoms with Gasteiger partial charge in [-0.3, -0.25) is 0 Å². The second-order valence-electron chi connectivity index (χ2n) is 4.80. The molecule has 1 N–H and O–H groups in total. The van der Waals surface area contributed by atoms with Crippen molar-refractivity contribution in [1.29, 1.82) is 0 Å². The Balaban J connectivity index is 1.80. The van der Waals surface area contributed by atoms with Gasteiger partial charge in [-0.2, -0.15) is 5.10 Å². The largest absolute Gasteiger partial charge is 0.467 e. The van der Waals surface area contributed by atoms with Crippen LogP contribution in [-0.4, -0.2) is 19.7 Å². The van der Waals surface area contributed by atoms with Gasteiger partial charge < -0.3 is 9.40 Å². The molecule has 3 heterocycles. The van der Waals surface area contributed by atoms with Crippen molar-refractivity contribution in [2.75, 3.05) is 0 Å². The van der Waals surface area contributed by atoms with Crippen molar-refractivity contribution in [2.24, 2.45) is 0 Å². The summed E-state index contributed by atoms with van der Waals surface area (Å²) in [4.78, 5) is 7.47. The minimum Gasteiger partial charge on any atom is -0.467 e. The molecule has 0 bridgehead atoms. The zero-order chi connectivity index (χ0) is 15.1. The lowest BCUT2D eigenvalue weighted by Gasteiger charge is -2.02. The van der Waals surface area contributed by atoms with E-state index in [4.69, 9.17) is 16.0 Å². The van der Waals surface area contributed by atoms with E-state index in [9.17, 15) is 4.39 Å². The zero-order valence-electron chi connectivity index (χ0n) is 11.3. The summed E-state index contributed by atoms with van der Waals surface area (Å²) in [6, 6.07) is 8.20. The fourth-order valence-electron chi connectivity index (χ4n) is 2.35. The van der Waals surface area contributed by atoms with E-state index in [-0.39, 0.29) is 5.56 Å². The van der Waals surface area contributed by atoms with Gasteiger partial charge in [-0.1, -0.05) is 17.7 Å². The van der Waals surface area contributed by atoms with Crippen molar-refractivity contribution in [3.05, 3.63) is 59.4 Å². The molecule has 0 radical (unpaired) electrons. The van der Waals surface area contributed by atoms with E-state index in [1.165, 1.54) is 6.07 Å². The summed E-state index contributed by atoms with van der Waals surface area (Å²) in [6.07, 6.45) is 3.24. The summed E-state index contributed by atoms with van der Waals surface area (Å²) in [5.41, 5.74) is 1.58. The Labute approximate surface area is 129 Å². The van der Waals surface area contributed by atoms with Gasteiger partial charge in [-0.15, -0.1) is 0 Å². The van der Waals surface area contributed by atoms with Gasteiger partial charge in [-0.05, 0) is 24.3 Å². The quantitative estimate of drug-likeness (QED) is 0.624. The molecule has 110 valence electrons. The zero-order valence-corrected chi connectivity index (χ0v) is 12.0. The molecule has 0 atom stereocenters. The lowest BCUT2D eigenvalue weighted by Crippen LogP contribution is -2.00. The van der Waals surface area contributed by atoms with Gasteiger partial charge in [0.2, 0.25) is 0 Å². The van der Waals surface area contributed by atoms with Crippen molar-refractivity contribution in [3.63, 3.8) is 0 Å². The number of benzene rings is 1. The standard InChI is InChI=1S/C15H10ClFN4O/c16-10-4-1-5-11(17)13(10)14-19-12-7-18-21(15(12)20-14)8-9-3-2-6-22-9/h1-7H,8H2,(H,19,20). The lowest BCUT2D eigenvalue weighted by atomic mass is 10.2. The van der Waals surface area contributed by atoms with Crippen LogP contribution >= 0.6 is 11.6 Å². The topological polar surface area (TPSA) is 59.6 Å². The van der Waals surface area contributed by atoms with Crippen LogP contribution in [0.3, 0.4) is 0 Å². The Bertz CT molecular complexity index is 922. The molecule has 0 fully saturated rings. The number of aromatic amines is 1. The summed E-state index contributed by atoms with van der Waals surface area (Å²) in [7, 11) is 0. The molecule has 4 aromatic rings. The number of imidazole rings is 1. The van der Waals surface area contributed by atoms with Gasteiger partial charge in [0.15, 0.2) is 5.65 Å². The van der Waals surface area contributed by atoms with Crippen LogP contribution in [-0.2, 0) is 6.54 Å². The number of halogens is 2. The van der Waals surface area contributed by atoms with Crippen molar-refractivity contribution in [1.82, 2.24) is 19.7 Å². The highest BCUT2D eigenvalue weighted by Crippen LogP contribution is 2.29. The van der Waals surface area contributed by atoms with Gasteiger partial charge in [0.25, 0.3) is 0 Å². The van der Waals surface area contributed by atoms with Gasteiger partial charge in [0.1, 0.15) is 29.5 Å². The average Bonchev–Trinajstić information content (AvgIpc) is 3.18. The monoisotopic (exact) mass is 316 g/mol. The summed E-state index contributed by atoms with van der Waals surface area (Å²) in [5, 5.41) is 4.55. The van der Waals surface area contributed by atoms with Crippen molar-refractivity contribution in [3.8, 4) is 11.4 Å². The van der Waals surface area contributed by atoms with Crippen molar-refractivity contribution < 1.29 is 8.81 Å². The number of hydrogen-bond donors (Lipinski definition) is 1. The van der Waals surface area contributed by atoms with E-state index in [1.54, 1.807) is 29.3 Å². The predicted octanol–water partition coefficient (Wildman–Crippen LogP) is 3.86. The van der Waals surface area contributed by atoms with Crippen LogP contribution in [0, 0.1) is 5.82 Å². The maximum atomic E-state index is 14.0. The van der Waals surface area contributed by atoms with Crippen LogP contribution in [0.4, 0.5) is 4.39 Å². The smallest absolute Gasteiger partial charge is 0.177 e. The molecule has 0 aliphatic rings. The van der Waals surface area contributed by atoms with Gasteiger partial charge in [-0.25, -0.2) is 14.1 Å². The van der Waals surface area contributed by atoms with E-state index >= 15 is 0 Å². The molecule has 1 aromatic carbocycles. The van der Waals surface area contributed by atoms with E-state index in [0.29, 0.717) is 28.6 Å². The number of fused-ring (bicyclic) bond motifs is 1. The third-order valence-electron chi connectivity index (χ3n) is 3.37. The normalized spacial score (nSPS) is 11.4. The summed E-state index contributed by atoms with van der Waals surface area (Å²) < 4.78 is 21.0. The molecule has 0 unspecified atom stereocenters. The van der Waals surface area contributed by atoms with Crippen molar-refractivity contribution >= 4 is 22.8 Å².